The molecule has 0 aliphatic carbocycles. The molecule has 4 rings (SSSR count). The predicted octanol–water partition coefficient (Wildman–Crippen LogP) is 3.43. The van der Waals surface area contributed by atoms with Crippen LogP contribution in [0.25, 0.3) is 11.1 Å². The number of ether oxygens (including phenoxy) is 1. The van der Waals surface area contributed by atoms with Gasteiger partial charge in [-0.25, -0.2) is 0 Å². The first kappa shape index (κ1) is 17.5. The lowest BCUT2D eigenvalue weighted by atomic mass is 10.1. The van der Waals surface area contributed by atoms with Crippen molar-refractivity contribution >= 4 is 23.0 Å². The van der Waals surface area contributed by atoms with Crippen molar-refractivity contribution in [2.24, 2.45) is 0 Å². The lowest BCUT2D eigenvalue weighted by molar-refractivity contribution is -0.119. The minimum atomic E-state index is -0.0692. The average molecular weight is 365 g/mol. The molecular formula is C21H23N3O3. The monoisotopic (exact) mass is 365 g/mol. The molecule has 1 atom stereocenters. The van der Waals surface area contributed by atoms with E-state index in [-0.39, 0.29) is 18.1 Å². The van der Waals surface area contributed by atoms with E-state index in [9.17, 15) is 4.79 Å². The molecule has 0 bridgehead atoms. The fourth-order valence-corrected chi connectivity index (χ4v) is 3.21. The zero-order valence-corrected chi connectivity index (χ0v) is 15.5. The smallest absolute Gasteiger partial charge is 0.298 e. The van der Waals surface area contributed by atoms with Crippen LogP contribution in [0.3, 0.4) is 0 Å². The second-order valence-corrected chi connectivity index (χ2v) is 6.97. The molecule has 0 spiro atoms. The summed E-state index contributed by atoms with van der Waals surface area (Å²) in [6.07, 6.45) is 0.190. The minimum absolute atomic E-state index is 0.0528. The molecule has 6 nitrogen and oxygen atoms in total. The fraction of sp³-hybridized carbons (Fsp3) is 0.333. The van der Waals surface area contributed by atoms with E-state index in [1.807, 2.05) is 43.3 Å². The van der Waals surface area contributed by atoms with Crippen LogP contribution < -0.4 is 10.2 Å². The Labute approximate surface area is 158 Å². The Morgan fingerprint density at radius 3 is 2.81 bits per heavy atom. The van der Waals surface area contributed by atoms with Crippen molar-refractivity contribution in [1.29, 1.82) is 0 Å². The van der Waals surface area contributed by atoms with Crippen molar-refractivity contribution in [3.63, 3.8) is 0 Å². The maximum absolute atomic E-state index is 11.2. The summed E-state index contributed by atoms with van der Waals surface area (Å²) in [5.74, 6) is -0.0528. The largest absolute Gasteiger partial charge is 0.423 e. The van der Waals surface area contributed by atoms with Gasteiger partial charge in [0.15, 0.2) is 5.58 Å². The van der Waals surface area contributed by atoms with Crippen molar-refractivity contribution in [2.75, 3.05) is 18.0 Å². The third-order valence-corrected chi connectivity index (χ3v) is 4.77. The number of hydrogen-bond acceptors (Lipinski definition) is 5. The van der Waals surface area contributed by atoms with Crippen LogP contribution in [0.4, 0.5) is 6.01 Å². The number of aromatic nitrogens is 1. The van der Waals surface area contributed by atoms with E-state index in [0.29, 0.717) is 12.6 Å². The Hall–Kier alpha value is -2.86. The summed E-state index contributed by atoms with van der Waals surface area (Å²) in [6.45, 7) is 5.63. The van der Waals surface area contributed by atoms with Gasteiger partial charge >= 0.3 is 0 Å². The fourth-order valence-electron chi connectivity index (χ4n) is 3.21. The number of amides is 1. The number of carbonyl (C=O) groups excluding carboxylic acids is 1. The van der Waals surface area contributed by atoms with E-state index in [2.05, 4.69) is 27.3 Å². The molecule has 1 amide bonds. The van der Waals surface area contributed by atoms with Gasteiger partial charge in [0.25, 0.3) is 6.01 Å². The maximum atomic E-state index is 11.2. The zero-order valence-electron chi connectivity index (χ0n) is 15.5. The number of nitrogens with zero attached hydrogens (tertiary/aromatic N) is 2. The van der Waals surface area contributed by atoms with Crippen LogP contribution in [0.1, 0.15) is 31.0 Å². The third kappa shape index (κ3) is 3.95. The van der Waals surface area contributed by atoms with Crippen LogP contribution in [0.5, 0.6) is 0 Å². The number of carbonyl (C=O) groups is 1. The van der Waals surface area contributed by atoms with E-state index in [1.165, 1.54) is 12.5 Å². The molecule has 2 aromatic carbocycles. The van der Waals surface area contributed by atoms with E-state index in [0.717, 1.165) is 29.8 Å². The zero-order chi connectivity index (χ0) is 18.8. The van der Waals surface area contributed by atoms with Crippen LogP contribution >= 0.6 is 0 Å². The van der Waals surface area contributed by atoms with Crippen LogP contribution in [0.2, 0.25) is 0 Å². The SMILES string of the molecule is CC(=O)NC(C)c1ccc2nc(N3CC(OCc4ccccc4)C3)oc2c1. The van der Waals surface area contributed by atoms with Crippen LogP contribution in [-0.2, 0) is 16.1 Å². The highest BCUT2D eigenvalue weighted by molar-refractivity contribution is 5.77. The summed E-state index contributed by atoms with van der Waals surface area (Å²) in [5.41, 5.74) is 3.72. The molecule has 6 heteroatoms. The van der Waals surface area contributed by atoms with Gasteiger partial charge in [-0.3, -0.25) is 4.79 Å². The molecule has 1 aliphatic rings. The predicted molar refractivity (Wildman–Crippen MR) is 103 cm³/mol. The Morgan fingerprint density at radius 2 is 2.07 bits per heavy atom. The molecule has 140 valence electrons. The van der Waals surface area contributed by atoms with Crippen molar-refractivity contribution in [2.45, 2.75) is 32.6 Å². The highest BCUT2D eigenvalue weighted by Crippen LogP contribution is 2.28. The number of fused-ring (bicyclic) bond motifs is 1. The van der Waals surface area contributed by atoms with Gasteiger partial charge in [0.05, 0.1) is 31.8 Å². The summed E-state index contributed by atoms with van der Waals surface area (Å²) in [4.78, 5) is 17.9. The normalized spacial score (nSPS) is 15.6. The van der Waals surface area contributed by atoms with Crippen LogP contribution in [-0.4, -0.2) is 30.1 Å². The summed E-state index contributed by atoms with van der Waals surface area (Å²) in [6, 6.07) is 16.6. The lowest BCUT2D eigenvalue weighted by Gasteiger charge is -2.37. The first-order valence-corrected chi connectivity index (χ1v) is 9.16. The van der Waals surface area contributed by atoms with Crippen molar-refractivity contribution in [1.82, 2.24) is 10.3 Å². The molecule has 1 unspecified atom stereocenters. The average Bonchev–Trinajstić information content (AvgIpc) is 3.03. The molecule has 1 aliphatic heterocycles. The standard InChI is InChI=1S/C21H23N3O3/c1-14(22-15(2)25)17-8-9-19-20(10-17)27-21(23-19)24-11-18(12-24)26-13-16-6-4-3-5-7-16/h3-10,14,18H,11-13H2,1-2H3,(H,22,25). The van der Waals surface area contributed by atoms with Gasteiger partial charge in [0, 0.05) is 6.92 Å². The topological polar surface area (TPSA) is 67.6 Å². The van der Waals surface area contributed by atoms with Gasteiger partial charge < -0.3 is 19.4 Å². The van der Waals surface area contributed by atoms with Crippen LogP contribution in [0, 0.1) is 0 Å². The third-order valence-electron chi connectivity index (χ3n) is 4.77. The van der Waals surface area contributed by atoms with Gasteiger partial charge in [-0.15, -0.1) is 0 Å². The van der Waals surface area contributed by atoms with Crippen LogP contribution in [0.15, 0.2) is 52.9 Å². The molecule has 1 fully saturated rings. The highest BCUT2D eigenvalue weighted by Gasteiger charge is 2.31. The van der Waals surface area contributed by atoms with Gasteiger partial charge in [-0.1, -0.05) is 36.4 Å². The first-order chi connectivity index (χ1) is 13.1. The van der Waals surface area contributed by atoms with E-state index >= 15 is 0 Å². The quantitative estimate of drug-likeness (QED) is 0.725. The second-order valence-electron chi connectivity index (χ2n) is 6.97. The van der Waals surface area contributed by atoms with Crippen molar-refractivity contribution in [3.8, 4) is 0 Å². The number of rotatable bonds is 6. The van der Waals surface area contributed by atoms with Crippen molar-refractivity contribution < 1.29 is 13.9 Å². The van der Waals surface area contributed by atoms with Gasteiger partial charge in [0.2, 0.25) is 5.91 Å². The summed E-state index contributed by atoms with van der Waals surface area (Å²) in [7, 11) is 0. The number of hydrogen-bond donors (Lipinski definition) is 1. The van der Waals surface area contributed by atoms with E-state index in [1.54, 1.807) is 0 Å². The Bertz CT molecular complexity index is 932. The van der Waals surface area contributed by atoms with Gasteiger partial charge in [-0.2, -0.15) is 4.98 Å². The Kier molecular flexibility index (Phi) is 4.81. The Balaban J connectivity index is 1.36. The van der Waals surface area contributed by atoms with E-state index < -0.39 is 0 Å². The Morgan fingerprint density at radius 1 is 1.30 bits per heavy atom. The molecule has 1 N–H and O–H groups in total. The number of anilines is 1. The molecule has 0 saturated carbocycles. The molecule has 1 saturated heterocycles. The summed E-state index contributed by atoms with van der Waals surface area (Å²) >= 11 is 0. The highest BCUT2D eigenvalue weighted by atomic mass is 16.5. The minimum Gasteiger partial charge on any atom is -0.423 e. The van der Waals surface area contributed by atoms with E-state index in [4.69, 9.17) is 9.15 Å². The van der Waals surface area contributed by atoms with Gasteiger partial charge in [0.1, 0.15) is 5.52 Å². The molecule has 0 radical (unpaired) electrons. The number of oxazole rings is 1. The van der Waals surface area contributed by atoms with Gasteiger partial charge in [-0.05, 0) is 30.2 Å². The summed E-state index contributed by atoms with van der Waals surface area (Å²) in [5, 5.41) is 2.88. The number of benzene rings is 2. The van der Waals surface area contributed by atoms with Crippen molar-refractivity contribution in [3.05, 3.63) is 59.7 Å². The molecule has 27 heavy (non-hydrogen) atoms. The second kappa shape index (κ2) is 7.40. The maximum Gasteiger partial charge on any atom is 0.298 e. The molecule has 2 heterocycles. The first-order valence-electron chi connectivity index (χ1n) is 9.16. The lowest BCUT2D eigenvalue weighted by Crippen LogP contribution is -2.52. The molecule has 1 aromatic heterocycles. The molecule has 3 aromatic rings. The number of nitrogens with one attached hydrogen (secondary N) is 1. The molecular weight excluding hydrogens is 342 g/mol. The summed E-state index contributed by atoms with van der Waals surface area (Å²) < 4.78 is 11.9.